The van der Waals surface area contributed by atoms with E-state index >= 15 is 4.39 Å². The van der Waals surface area contributed by atoms with Crippen LogP contribution in [0.2, 0.25) is 0 Å². The smallest absolute Gasteiger partial charge is 0.226 e. The van der Waals surface area contributed by atoms with Gasteiger partial charge in [-0.3, -0.25) is 19.9 Å². The number of halogens is 1. The van der Waals surface area contributed by atoms with Gasteiger partial charge in [0, 0.05) is 28.1 Å². The molecule has 0 saturated carbocycles. The molecule has 0 unspecified atom stereocenters. The van der Waals surface area contributed by atoms with E-state index in [1.54, 1.807) is 31.3 Å². The van der Waals surface area contributed by atoms with E-state index in [1.807, 2.05) is 35.7 Å². The molecular formula is C26H20FN7OS. The Morgan fingerprint density at radius 2 is 1.97 bits per heavy atom. The fourth-order valence-corrected chi connectivity index (χ4v) is 4.80. The number of fused-ring (bicyclic) bond motifs is 2. The SMILES string of the molecule is CC(C)C(=O)Nc1cncc(-c2ncc3[nH]nc(-c4nc5c(-c6cccs6)cccc5[nH]4)c3c2F)c1. The molecule has 0 atom stereocenters. The van der Waals surface area contributed by atoms with Crippen LogP contribution in [0.1, 0.15) is 13.8 Å². The molecule has 0 aliphatic rings. The molecule has 5 heterocycles. The van der Waals surface area contributed by atoms with Crippen LogP contribution >= 0.6 is 11.3 Å². The monoisotopic (exact) mass is 497 g/mol. The second-order valence-corrected chi connectivity index (χ2v) is 9.60. The van der Waals surface area contributed by atoms with Gasteiger partial charge >= 0.3 is 0 Å². The molecule has 0 aliphatic carbocycles. The number of hydrogen-bond acceptors (Lipinski definition) is 6. The first-order chi connectivity index (χ1) is 17.5. The minimum Gasteiger partial charge on any atom is -0.337 e. The number of carbonyl (C=O) groups is 1. The fourth-order valence-electron chi connectivity index (χ4n) is 4.05. The normalized spacial score (nSPS) is 11.6. The number of rotatable bonds is 5. The lowest BCUT2D eigenvalue weighted by Gasteiger charge is -2.09. The molecule has 5 aromatic heterocycles. The van der Waals surface area contributed by atoms with Crippen molar-refractivity contribution in [3.05, 3.63) is 66.2 Å². The molecule has 36 heavy (non-hydrogen) atoms. The quantitative estimate of drug-likeness (QED) is 0.269. The highest BCUT2D eigenvalue weighted by molar-refractivity contribution is 7.13. The van der Waals surface area contributed by atoms with Crippen LogP contribution in [0.4, 0.5) is 10.1 Å². The molecule has 0 radical (unpaired) electrons. The first-order valence-electron chi connectivity index (χ1n) is 11.3. The van der Waals surface area contributed by atoms with E-state index in [2.05, 4.69) is 30.5 Å². The number of anilines is 1. The van der Waals surface area contributed by atoms with Crippen molar-refractivity contribution in [2.75, 3.05) is 5.32 Å². The molecule has 6 aromatic rings. The summed E-state index contributed by atoms with van der Waals surface area (Å²) in [6.07, 6.45) is 4.56. The predicted molar refractivity (Wildman–Crippen MR) is 139 cm³/mol. The van der Waals surface area contributed by atoms with Gasteiger partial charge in [0.2, 0.25) is 5.91 Å². The Bertz CT molecular complexity index is 1740. The highest BCUT2D eigenvalue weighted by atomic mass is 32.1. The summed E-state index contributed by atoms with van der Waals surface area (Å²) < 4.78 is 15.9. The standard InChI is InChI=1S/C26H20FN7OS/c1-13(2)26(35)30-15-9-14(10-28-11-15)22-21(27)20-18(12-29-22)33-34-24(20)25-31-17-6-3-5-16(23(17)32-25)19-7-4-8-36-19/h3-13H,1-2H3,(H,30,35)(H,31,32)(H,33,34). The van der Waals surface area contributed by atoms with Crippen LogP contribution in [0.5, 0.6) is 0 Å². The van der Waals surface area contributed by atoms with E-state index in [0.29, 0.717) is 28.3 Å². The molecule has 1 amide bonds. The zero-order chi connectivity index (χ0) is 24.8. The number of imidazole rings is 1. The summed E-state index contributed by atoms with van der Waals surface area (Å²) >= 11 is 1.63. The van der Waals surface area contributed by atoms with Gasteiger partial charge < -0.3 is 10.3 Å². The number of aromatic nitrogens is 6. The maximum Gasteiger partial charge on any atom is 0.226 e. The highest BCUT2D eigenvalue weighted by Gasteiger charge is 2.21. The van der Waals surface area contributed by atoms with E-state index < -0.39 is 5.82 Å². The number of amides is 1. The molecule has 0 spiro atoms. The lowest BCUT2D eigenvalue weighted by atomic mass is 10.1. The van der Waals surface area contributed by atoms with Crippen molar-refractivity contribution in [1.82, 2.24) is 30.1 Å². The summed E-state index contributed by atoms with van der Waals surface area (Å²) in [6, 6.07) is 11.6. The van der Waals surface area contributed by atoms with Gasteiger partial charge in [0.05, 0.1) is 40.0 Å². The molecule has 10 heteroatoms. The van der Waals surface area contributed by atoms with Crippen molar-refractivity contribution < 1.29 is 9.18 Å². The minimum atomic E-state index is -0.552. The van der Waals surface area contributed by atoms with Gasteiger partial charge in [0.15, 0.2) is 11.6 Å². The van der Waals surface area contributed by atoms with Crippen molar-refractivity contribution in [3.8, 4) is 33.2 Å². The molecule has 0 bridgehead atoms. The summed E-state index contributed by atoms with van der Waals surface area (Å²) in [4.78, 5) is 29.7. The van der Waals surface area contributed by atoms with Crippen molar-refractivity contribution in [2.24, 2.45) is 5.92 Å². The second-order valence-electron chi connectivity index (χ2n) is 8.65. The van der Waals surface area contributed by atoms with Crippen molar-refractivity contribution in [2.45, 2.75) is 13.8 Å². The molecule has 3 N–H and O–H groups in total. The van der Waals surface area contributed by atoms with Crippen LogP contribution in [0.3, 0.4) is 0 Å². The molecule has 6 rings (SSSR count). The van der Waals surface area contributed by atoms with Crippen molar-refractivity contribution >= 4 is 44.9 Å². The Balaban J connectivity index is 1.46. The fraction of sp³-hybridized carbons (Fsp3) is 0.115. The van der Waals surface area contributed by atoms with E-state index in [-0.39, 0.29) is 22.9 Å². The van der Waals surface area contributed by atoms with Crippen LogP contribution in [0.25, 0.3) is 55.2 Å². The summed E-state index contributed by atoms with van der Waals surface area (Å²) in [5.41, 5.74) is 4.44. The lowest BCUT2D eigenvalue weighted by Crippen LogP contribution is -2.17. The summed E-state index contributed by atoms with van der Waals surface area (Å²) in [6.45, 7) is 3.59. The Labute approximate surface area is 208 Å². The zero-order valence-corrected chi connectivity index (χ0v) is 20.2. The Morgan fingerprint density at radius 3 is 2.78 bits per heavy atom. The summed E-state index contributed by atoms with van der Waals surface area (Å²) in [5.74, 6) is -0.448. The molecular weight excluding hydrogens is 477 g/mol. The number of nitrogens with zero attached hydrogens (tertiary/aromatic N) is 4. The third-order valence-electron chi connectivity index (χ3n) is 5.87. The Kier molecular flexibility index (Phi) is 5.30. The number of nitrogens with one attached hydrogen (secondary N) is 3. The number of carbonyl (C=O) groups excluding carboxylic acids is 1. The Morgan fingerprint density at radius 1 is 1.08 bits per heavy atom. The maximum absolute atomic E-state index is 15.9. The number of thiophene rings is 1. The van der Waals surface area contributed by atoms with Gasteiger partial charge in [-0.25, -0.2) is 9.37 Å². The molecule has 8 nitrogen and oxygen atoms in total. The van der Waals surface area contributed by atoms with Gasteiger partial charge in [-0.1, -0.05) is 32.0 Å². The number of H-pyrrole nitrogens is 2. The first kappa shape index (κ1) is 22.1. The van der Waals surface area contributed by atoms with E-state index in [9.17, 15) is 4.79 Å². The Hall–Kier alpha value is -4.44. The lowest BCUT2D eigenvalue weighted by molar-refractivity contribution is -0.118. The summed E-state index contributed by atoms with van der Waals surface area (Å²) in [7, 11) is 0. The van der Waals surface area contributed by atoms with Crippen molar-refractivity contribution in [1.29, 1.82) is 0 Å². The number of aromatic amines is 2. The van der Waals surface area contributed by atoms with Gasteiger partial charge in [-0.05, 0) is 23.6 Å². The number of para-hydroxylation sites is 1. The molecule has 0 fully saturated rings. The molecule has 178 valence electrons. The largest absolute Gasteiger partial charge is 0.337 e. The number of benzene rings is 1. The van der Waals surface area contributed by atoms with Crippen molar-refractivity contribution in [3.63, 3.8) is 0 Å². The van der Waals surface area contributed by atoms with Crippen LogP contribution < -0.4 is 5.32 Å². The van der Waals surface area contributed by atoms with Gasteiger partial charge in [0.25, 0.3) is 0 Å². The molecule has 0 aliphatic heterocycles. The molecule has 0 saturated heterocycles. The van der Waals surface area contributed by atoms with E-state index in [1.165, 1.54) is 18.6 Å². The van der Waals surface area contributed by atoms with Gasteiger partial charge in [-0.15, -0.1) is 11.3 Å². The molecule has 1 aromatic carbocycles. The second kappa shape index (κ2) is 8.65. The van der Waals surface area contributed by atoms with E-state index in [0.717, 1.165) is 21.5 Å². The average molecular weight is 498 g/mol. The minimum absolute atomic E-state index is 0.105. The van der Waals surface area contributed by atoms with Crippen LogP contribution in [-0.4, -0.2) is 36.0 Å². The van der Waals surface area contributed by atoms with Crippen LogP contribution in [-0.2, 0) is 4.79 Å². The van der Waals surface area contributed by atoms with Gasteiger partial charge in [0.1, 0.15) is 11.4 Å². The summed E-state index contributed by atoms with van der Waals surface area (Å²) in [5, 5.41) is 12.3. The first-order valence-corrected chi connectivity index (χ1v) is 12.2. The van der Waals surface area contributed by atoms with Crippen LogP contribution in [0.15, 0.2) is 60.4 Å². The highest BCUT2D eigenvalue weighted by Crippen LogP contribution is 2.35. The number of hydrogen-bond donors (Lipinski definition) is 3. The topological polar surface area (TPSA) is 112 Å². The third kappa shape index (κ3) is 3.72. The van der Waals surface area contributed by atoms with E-state index in [4.69, 9.17) is 4.98 Å². The van der Waals surface area contributed by atoms with Gasteiger partial charge in [-0.2, -0.15) is 5.10 Å². The van der Waals surface area contributed by atoms with Crippen LogP contribution in [0, 0.1) is 11.7 Å². The zero-order valence-electron chi connectivity index (χ0n) is 19.3. The average Bonchev–Trinajstić information content (AvgIpc) is 3.63. The maximum atomic E-state index is 15.9. The third-order valence-corrected chi connectivity index (χ3v) is 6.77. The predicted octanol–water partition coefficient (Wildman–Crippen LogP) is 6.03. The number of pyridine rings is 2.